The van der Waals surface area contributed by atoms with E-state index in [1.807, 2.05) is 7.05 Å². The predicted molar refractivity (Wildman–Crippen MR) is 74.2 cm³/mol. The van der Waals surface area contributed by atoms with Crippen LogP contribution in [0.2, 0.25) is 0 Å². The Labute approximate surface area is 116 Å². The molecule has 0 fully saturated rings. The van der Waals surface area contributed by atoms with Crippen molar-refractivity contribution in [2.24, 2.45) is 5.84 Å². The Bertz CT molecular complexity index is 525. The summed E-state index contributed by atoms with van der Waals surface area (Å²) in [6.45, 7) is 4.68. The highest BCUT2D eigenvalue weighted by Crippen LogP contribution is 2.07. The largest absolute Gasteiger partial charge is 0.353 e. The maximum absolute atomic E-state index is 5.36. The minimum atomic E-state index is 0.261. The molecule has 10 heteroatoms. The molecule has 0 aliphatic rings. The van der Waals surface area contributed by atoms with Crippen LogP contribution < -0.4 is 16.6 Å². The lowest BCUT2D eigenvalue weighted by molar-refractivity contribution is 0.367. The van der Waals surface area contributed by atoms with Crippen molar-refractivity contribution in [3.63, 3.8) is 0 Å². The van der Waals surface area contributed by atoms with Gasteiger partial charge in [-0.15, -0.1) is 0 Å². The summed E-state index contributed by atoms with van der Waals surface area (Å²) >= 11 is 0. The number of likely N-dealkylation sites (N-methyl/N-ethyl adjacent to an activating group) is 1. The first-order valence-electron chi connectivity index (χ1n) is 6.23. The molecule has 0 amide bonds. The molecule has 0 aliphatic heterocycles. The van der Waals surface area contributed by atoms with Crippen LogP contribution in [-0.4, -0.2) is 61.3 Å². The highest BCUT2D eigenvalue weighted by atomic mass is 15.4. The lowest BCUT2D eigenvalue weighted by atomic mass is 10.5. The van der Waals surface area contributed by atoms with Crippen LogP contribution in [0.4, 0.5) is 11.9 Å². The predicted octanol–water partition coefficient (Wildman–Crippen LogP) is -0.898. The Morgan fingerprint density at radius 2 is 2.10 bits per heavy atom. The van der Waals surface area contributed by atoms with Crippen molar-refractivity contribution >= 4 is 11.9 Å². The van der Waals surface area contributed by atoms with Crippen LogP contribution in [0, 0.1) is 0 Å². The molecule has 0 spiro atoms. The van der Waals surface area contributed by atoms with Gasteiger partial charge in [-0.1, -0.05) is 6.92 Å². The lowest BCUT2D eigenvalue weighted by Crippen LogP contribution is -2.25. The Balaban J connectivity index is 2.10. The van der Waals surface area contributed by atoms with Gasteiger partial charge in [-0.3, -0.25) is 5.43 Å². The molecule has 108 valence electrons. The molecule has 0 radical (unpaired) electrons. The zero-order valence-corrected chi connectivity index (χ0v) is 11.5. The fourth-order valence-corrected chi connectivity index (χ4v) is 1.44. The summed E-state index contributed by atoms with van der Waals surface area (Å²) in [6, 6.07) is 0. The van der Waals surface area contributed by atoms with Gasteiger partial charge < -0.3 is 10.2 Å². The van der Waals surface area contributed by atoms with Gasteiger partial charge in [-0.2, -0.15) is 24.7 Å². The summed E-state index contributed by atoms with van der Waals surface area (Å²) in [5.74, 6) is 6.39. The van der Waals surface area contributed by atoms with Crippen LogP contribution in [0.1, 0.15) is 6.92 Å². The maximum Gasteiger partial charge on any atom is 0.258 e. The molecular formula is C10H18N10. The standard InChI is InChI=1S/C10H18N10/c1-3-19(2)5-4-13-8-15-9(18-11)17-10(16-8)20-7-12-6-14-20/h6-7H,3-5,11H2,1-2H3,(H2,13,15,16,17,18). The summed E-state index contributed by atoms with van der Waals surface area (Å²) in [4.78, 5) is 18.5. The number of hydrogen-bond acceptors (Lipinski definition) is 9. The van der Waals surface area contributed by atoms with Gasteiger partial charge in [0.05, 0.1) is 0 Å². The van der Waals surface area contributed by atoms with Gasteiger partial charge in [0.25, 0.3) is 5.95 Å². The van der Waals surface area contributed by atoms with E-state index in [0.717, 1.165) is 19.6 Å². The number of hydrazine groups is 1. The summed E-state index contributed by atoms with van der Waals surface area (Å²) in [6.07, 6.45) is 2.91. The molecule has 0 atom stereocenters. The van der Waals surface area contributed by atoms with E-state index in [2.05, 4.69) is 47.6 Å². The minimum absolute atomic E-state index is 0.261. The van der Waals surface area contributed by atoms with Gasteiger partial charge in [0.1, 0.15) is 12.7 Å². The minimum Gasteiger partial charge on any atom is -0.353 e. The second-order valence-corrected chi connectivity index (χ2v) is 4.09. The lowest BCUT2D eigenvalue weighted by Gasteiger charge is -2.14. The molecule has 0 aliphatic carbocycles. The number of nitrogen functional groups attached to an aromatic ring is 1. The Kier molecular flexibility index (Phi) is 4.74. The molecule has 2 aromatic heterocycles. The van der Waals surface area contributed by atoms with E-state index in [1.165, 1.54) is 17.3 Å². The quantitative estimate of drug-likeness (QED) is 0.436. The Morgan fingerprint density at radius 1 is 1.30 bits per heavy atom. The SMILES string of the molecule is CCN(C)CCNc1nc(NN)nc(-n2cncn2)n1. The Hall–Kier alpha value is -2.33. The van der Waals surface area contributed by atoms with E-state index in [1.54, 1.807) is 0 Å². The van der Waals surface area contributed by atoms with Crippen molar-refractivity contribution < 1.29 is 0 Å². The smallest absolute Gasteiger partial charge is 0.258 e. The molecule has 4 N–H and O–H groups in total. The molecule has 0 saturated carbocycles. The first kappa shape index (κ1) is 14.1. The summed E-state index contributed by atoms with van der Waals surface area (Å²) in [5.41, 5.74) is 2.41. The second kappa shape index (κ2) is 6.73. The van der Waals surface area contributed by atoms with Gasteiger partial charge in [0.15, 0.2) is 0 Å². The Morgan fingerprint density at radius 3 is 2.75 bits per heavy atom. The van der Waals surface area contributed by atoms with Gasteiger partial charge in [0, 0.05) is 13.1 Å². The fourth-order valence-electron chi connectivity index (χ4n) is 1.44. The first-order valence-corrected chi connectivity index (χ1v) is 6.23. The van der Waals surface area contributed by atoms with Gasteiger partial charge in [-0.25, -0.2) is 10.8 Å². The molecule has 0 bridgehead atoms. The van der Waals surface area contributed by atoms with E-state index >= 15 is 0 Å². The summed E-state index contributed by atoms with van der Waals surface area (Å²) in [7, 11) is 2.04. The van der Waals surface area contributed by atoms with Crippen LogP contribution in [0.15, 0.2) is 12.7 Å². The first-order chi connectivity index (χ1) is 9.72. The average Bonchev–Trinajstić information content (AvgIpc) is 3.01. The molecule has 2 rings (SSSR count). The molecular weight excluding hydrogens is 260 g/mol. The van der Waals surface area contributed by atoms with Crippen LogP contribution in [0.25, 0.3) is 5.95 Å². The third-order valence-corrected chi connectivity index (χ3v) is 2.69. The third kappa shape index (κ3) is 3.59. The molecule has 0 saturated heterocycles. The highest BCUT2D eigenvalue weighted by Gasteiger charge is 2.08. The highest BCUT2D eigenvalue weighted by molar-refractivity contribution is 5.36. The summed E-state index contributed by atoms with van der Waals surface area (Å²) < 4.78 is 1.44. The van der Waals surface area contributed by atoms with Crippen LogP contribution >= 0.6 is 0 Å². The van der Waals surface area contributed by atoms with Crippen molar-refractivity contribution in [1.82, 2.24) is 34.6 Å². The number of nitrogens with two attached hydrogens (primary N) is 1. The van der Waals surface area contributed by atoms with Crippen molar-refractivity contribution in [3.8, 4) is 5.95 Å². The van der Waals surface area contributed by atoms with E-state index in [4.69, 9.17) is 5.84 Å². The number of nitrogens with one attached hydrogen (secondary N) is 2. The second-order valence-electron chi connectivity index (χ2n) is 4.09. The fraction of sp³-hybridized carbons (Fsp3) is 0.500. The number of aromatic nitrogens is 6. The van der Waals surface area contributed by atoms with Gasteiger partial charge in [0.2, 0.25) is 11.9 Å². The van der Waals surface area contributed by atoms with E-state index in [-0.39, 0.29) is 5.95 Å². The molecule has 2 aromatic rings. The van der Waals surface area contributed by atoms with Crippen LogP contribution in [0.3, 0.4) is 0 Å². The number of rotatable bonds is 7. The molecule has 10 nitrogen and oxygen atoms in total. The third-order valence-electron chi connectivity index (χ3n) is 2.69. The van der Waals surface area contributed by atoms with Crippen molar-refractivity contribution in [1.29, 1.82) is 0 Å². The van der Waals surface area contributed by atoms with E-state index in [0.29, 0.717) is 11.9 Å². The zero-order valence-electron chi connectivity index (χ0n) is 11.5. The van der Waals surface area contributed by atoms with Crippen molar-refractivity contribution in [3.05, 3.63) is 12.7 Å². The van der Waals surface area contributed by atoms with Crippen molar-refractivity contribution in [2.75, 3.05) is 37.4 Å². The van der Waals surface area contributed by atoms with E-state index < -0.39 is 0 Å². The topological polar surface area (TPSA) is 123 Å². The van der Waals surface area contributed by atoms with Crippen LogP contribution in [0.5, 0.6) is 0 Å². The van der Waals surface area contributed by atoms with Gasteiger partial charge >= 0.3 is 0 Å². The van der Waals surface area contributed by atoms with Crippen LogP contribution in [-0.2, 0) is 0 Å². The van der Waals surface area contributed by atoms with Gasteiger partial charge in [-0.05, 0) is 13.6 Å². The monoisotopic (exact) mass is 278 g/mol. The molecule has 2 heterocycles. The zero-order chi connectivity index (χ0) is 14.4. The normalized spacial score (nSPS) is 10.8. The number of hydrogen-bond donors (Lipinski definition) is 3. The van der Waals surface area contributed by atoms with Crippen molar-refractivity contribution in [2.45, 2.75) is 6.92 Å². The molecule has 0 unspecified atom stereocenters. The summed E-state index contributed by atoms with van der Waals surface area (Å²) in [5, 5.41) is 7.10. The number of anilines is 2. The maximum atomic E-state index is 5.36. The molecule has 0 aromatic carbocycles. The molecule has 20 heavy (non-hydrogen) atoms. The average molecular weight is 278 g/mol. The number of nitrogens with zero attached hydrogens (tertiary/aromatic N) is 7. The van der Waals surface area contributed by atoms with E-state index in [9.17, 15) is 0 Å².